The van der Waals surface area contributed by atoms with Crippen molar-refractivity contribution < 1.29 is 9.21 Å². The van der Waals surface area contributed by atoms with Crippen LogP contribution in [0.15, 0.2) is 47.3 Å². The lowest BCUT2D eigenvalue weighted by Crippen LogP contribution is -2.50. The molecule has 0 spiro atoms. The molecule has 142 valence electrons. The van der Waals surface area contributed by atoms with Crippen LogP contribution in [0.25, 0.3) is 11.0 Å². The van der Waals surface area contributed by atoms with Gasteiger partial charge in [0, 0.05) is 25.2 Å². The first-order valence-electron chi connectivity index (χ1n) is 9.45. The number of aromatic amines is 1. The van der Waals surface area contributed by atoms with E-state index < -0.39 is 0 Å². The van der Waals surface area contributed by atoms with Crippen molar-refractivity contribution in [1.82, 2.24) is 20.6 Å². The zero-order valence-electron chi connectivity index (χ0n) is 15.4. The predicted molar refractivity (Wildman–Crippen MR) is 105 cm³/mol. The summed E-state index contributed by atoms with van der Waals surface area (Å²) < 4.78 is 5.07. The van der Waals surface area contributed by atoms with E-state index >= 15 is 0 Å². The van der Waals surface area contributed by atoms with Crippen molar-refractivity contribution in [2.45, 2.75) is 38.3 Å². The maximum atomic E-state index is 12.2. The van der Waals surface area contributed by atoms with Crippen LogP contribution in [-0.2, 0) is 6.42 Å². The third-order valence-electron chi connectivity index (χ3n) is 5.01. The molecule has 2 aromatic heterocycles. The summed E-state index contributed by atoms with van der Waals surface area (Å²) >= 11 is 0. The van der Waals surface area contributed by atoms with Gasteiger partial charge in [0.1, 0.15) is 0 Å². The number of hydrogen-bond donors (Lipinski definition) is 3. The number of H-pyrrole nitrogens is 1. The normalized spacial score (nSPS) is 16.4. The highest BCUT2D eigenvalue weighted by molar-refractivity contribution is 5.77. The number of imidazole rings is 1. The minimum absolute atomic E-state index is 0.0539. The van der Waals surface area contributed by atoms with E-state index in [2.05, 4.69) is 25.5 Å². The topological polar surface area (TPSA) is 86.2 Å². The van der Waals surface area contributed by atoms with Gasteiger partial charge in [-0.15, -0.1) is 0 Å². The highest BCUT2D eigenvalue weighted by atomic mass is 16.3. The van der Waals surface area contributed by atoms with E-state index in [1.165, 1.54) is 0 Å². The first-order valence-corrected chi connectivity index (χ1v) is 9.45. The average Bonchev–Trinajstić information content (AvgIpc) is 3.31. The van der Waals surface area contributed by atoms with Crippen LogP contribution in [0.4, 0.5) is 10.7 Å². The van der Waals surface area contributed by atoms with Gasteiger partial charge in [-0.2, -0.15) is 0 Å². The lowest BCUT2D eigenvalue weighted by Gasteiger charge is -2.32. The highest BCUT2D eigenvalue weighted by Gasteiger charge is 2.23. The summed E-state index contributed by atoms with van der Waals surface area (Å²) in [7, 11) is 0. The molecule has 1 saturated heterocycles. The van der Waals surface area contributed by atoms with Gasteiger partial charge in [0.2, 0.25) is 5.95 Å². The molecule has 7 heteroatoms. The second-order valence-corrected chi connectivity index (χ2v) is 7.19. The van der Waals surface area contributed by atoms with Gasteiger partial charge < -0.3 is 24.9 Å². The summed E-state index contributed by atoms with van der Waals surface area (Å²) in [5.74, 6) is 0.910. The summed E-state index contributed by atoms with van der Waals surface area (Å²) in [6.07, 6.45) is 5.93. The zero-order valence-corrected chi connectivity index (χ0v) is 15.4. The molecule has 4 rings (SSSR count). The number of fused-ring (bicyclic) bond motifs is 1. The third kappa shape index (κ3) is 4.24. The number of hydrogen-bond acceptors (Lipinski definition) is 4. The molecule has 1 atom stereocenters. The Balaban J connectivity index is 1.24. The third-order valence-corrected chi connectivity index (χ3v) is 5.01. The molecule has 1 aliphatic rings. The van der Waals surface area contributed by atoms with Crippen LogP contribution < -0.4 is 15.5 Å². The molecule has 0 aliphatic carbocycles. The van der Waals surface area contributed by atoms with Gasteiger partial charge in [-0.25, -0.2) is 9.78 Å². The molecule has 0 bridgehead atoms. The zero-order chi connectivity index (χ0) is 18.6. The maximum absolute atomic E-state index is 12.2. The number of para-hydroxylation sites is 2. The van der Waals surface area contributed by atoms with E-state index in [1.807, 2.05) is 37.3 Å². The number of carbonyl (C=O) groups excluding carboxylic acids is 1. The highest BCUT2D eigenvalue weighted by Crippen LogP contribution is 2.20. The van der Waals surface area contributed by atoms with Crippen molar-refractivity contribution in [2.24, 2.45) is 0 Å². The SMILES string of the molecule is CC(Cc1ccoc1)NC(=O)NC1CCN(c2nc3ccccc3[nH]2)CC1. The molecule has 7 nitrogen and oxygen atoms in total. The van der Waals surface area contributed by atoms with Crippen LogP contribution >= 0.6 is 0 Å². The average molecular weight is 367 g/mol. The minimum Gasteiger partial charge on any atom is -0.472 e. The number of nitrogens with zero attached hydrogens (tertiary/aromatic N) is 2. The second kappa shape index (κ2) is 7.73. The Kier molecular flexibility index (Phi) is 5.00. The van der Waals surface area contributed by atoms with Crippen LogP contribution in [-0.4, -0.2) is 41.2 Å². The molecule has 0 saturated carbocycles. The number of anilines is 1. The van der Waals surface area contributed by atoms with Gasteiger partial charge in [0.15, 0.2) is 0 Å². The van der Waals surface area contributed by atoms with Crippen LogP contribution in [0.5, 0.6) is 0 Å². The quantitative estimate of drug-likeness (QED) is 0.647. The number of rotatable bonds is 5. The number of aromatic nitrogens is 2. The van der Waals surface area contributed by atoms with Crippen molar-refractivity contribution in [2.75, 3.05) is 18.0 Å². The van der Waals surface area contributed by atoms with Crippen LogP contribution in [0.3, 0.4) is 0 Å². The van der Waals surface area contributed by atoms with Crippen LogP contribution in [0.2, 0.25) is 0 Å². The van der Waals surface area contributed by atoms with E-state index in [4.69, 9.17) is 4.42 Å². The molecular weight excluding hydrogens is 342 g/mol. The Morgan fingerprint density at radius 2 is 2.15 bits per heavy atom. The van der Waals surface area contributed by atoms with E-state index in [0.29, 0.717) is 0 Å². The van der Waals surface area contributed by atoms with Crippen molar-refractivity contribution in [1.29, 1.82) is 0 Å². The van der Waals surface area contributed by atoms with E-state index in [1.54, 1.807) is 12.5 Å². The van der Waals surface area contributed by atoms with Gasteiger partial charge in [-0.3, -0.25) is 0 Å². The fourth-order valence-corrected chi connectivity index (χ4v) is 3.59. The lowest BCUT2D eigenvalue weighted by atomic mass is 10.1. The van der Waals surface area contributed by atoms with Crippen molar-refractivity contribution in [3.05, 3.63) is 48.4 Å². The summed E-state index contributed by atoms with van der Waals surface area (Å²) in [5, 5.41) is 6.10. The standard InChI is InChI=1S/C20H25N5O2/c1-14(12-15-8-11-27-13-15)21-20(26)22-16-6-9-25(10-7-16)19-23-17-4-2-3-5-18(17)24-19/h2-5,8,11,13-14,16H,6-7,9-10,12H2,1H3,(H,23,24)(H2,21,22,26). The maximum Gasteiger partial charge on any atom is 0.315 e. The van der Waals surface area contributed by atoms with Crippen LogP contribution in [0.1, 0.15) is 25.3 Å². The Bertz CT molecular complexity index is 848. The summed E-state index contributed by atoms with van der Waals surface area (Å²) in [6, 6.07) is 10.1. The number of furan rings is 1. The molecule has 2 amide bonds. The van der Waals surface area contributed by atoms with Crippen LogP contribution in [0, 0.1) is 0 Å². The molecule has 3 N–H and O–H groups in total. The first-order chi connectivity index (χ1) is 13.2. The van der Waals surface area contributed by atoms with E-state index in [-0.39, 0.29) is 18.1 Å². The van der Waals surface area contributed by atoms with E-state index in [0.717, 1.165) is 54.9 Å². The Morgan fingerprint density at radius 1 is 1.33 bits per heavy atom. The largest absolute Gasteiger partial charge is 0.472 e. The monoisotopic (exact) mass is 367 g/mol. The number of urea groups is 1. The summed E-state index contributed by atoms with van der Waals surface area (Å²) in [4.78, 5) is 22.5. The van der Waals surface area contributed by atoms with E-state index in [9.17, 15) is 4.79 Å². The Morgan fingerprint density at radius 3 is 2.89 bits per heavy atom. The number of nitrogens with one attached hydrogen (secondary N) is 3. The molecule has 1 aliphatic heterocycles. The molecule has 0 radical (unpaired) electrons. The van der Waals surface area contributed by atoms with Gasteiger partial charge in [-0.05, 0) is 49.9 Å². The fraction of sp³-hybridized carbons (Fsp3) is 0.400. The van der Waals surface area contributed by atoms with Crippen molar-refractivity contribution in [3.8, 4) is 0 Å². The van der Waals surface area contributed by atoms with Gasteiger partial charge >= 0.3 is 6.03 Å². The first kappa shape index (κ1) is 17.5. The smallest absolute Gasteiger partial charge is 0.315 e. The molecule has 3 aromatic rings. The molecule has 1 aromatic carbocycles. The number of benzene rings is 1. The fourth-order valence-electron chi connectivity index (χ4n) is 3.59. The van der Waals surface area contributed by atoms with Crippen molar-refractivity contribution in [3.63, 3.8) is 0 Å². The summed E-state index contributed by atoms with van der Waals surface area (Å²) in [6.45, 7) is 3.74. The molecular formula is C20H25N5O2. The molecule has 1 unspecified atom stereocenters. The predicted octanol–water partition coefficient (Wildman–Crippen LogP) is 3.06. The number of amides is 2. The number of carbonyl (C=O) groups is 1. The minimum atomic E-state index is -0.104. The van der Waals surface area contributed by atoms with Crippen molar-refractivity contribution >= 4 is 23.0 Å². The Hall–Kier alpha value is -2.96. The Labute approximate surface area is 158 Å². The van der Waals surface area contributed by atoms with Gasteiger partial charge in [0.05, 0.1) is 23.6 Å². The molecule has 27 heavy (non-hydrogen) atoms. The second-order valence-electron chi connectivity index (χ2n) is 7.19. The van der Waals surface area contributed by atoms with Gasteiger partial charge in [-0.1, -0.05) is 12.1 Å². The summed E-state index contributed by atoms with van der Waals surface area (Å²) in [5.41, 5.74) is 3.12. The molecule has 1 fully saturated rings. The number of piperidine rings is 1. The van der Waals surface area contributed by atoms with Gasteiger partial charge in [0.25, 0.3) is 0 Å². The molecule has 3 heterocycles. The lowest BCUT2D eigenvalue weighted by molar-refractivity contribution is 0.231.